The van der Waals surface area contributed by atoms with Gasteiger partial charge in [-0.15, -0.1) is 21.5 Å². The van der Waals surface area contributed by atoms with E-state index in [1.165, 1.54) is 0 Å². The average Bonchev–Trinajstić information content (AvgIpc) is 2.58. The largest absolute Gasteiger partial charge is 0.392 e. The van der Waals surface area contributed by atoms with Gasteiger partial charge in [0.15, 0.2) is 0 Å². The standard InChI is InChI=1S/C8H12N2OS/c1-5-9-10-8(12-5)6-3-2-4-7(6)11/h6-7,11H,2-4H2,1H3/t6-,7-/m1/s1. The molecule has 0 saturated heterocycles. The third-order valence-corrected chi connectivity index (χ3v) is 3.31. The van der Waals surface area contributed by atoms with Gasteiger partial charge in [0, 0.05) is 5.92 Å². The Kier molecular flexibility index (Phi) is 2.11. The van der Waals surface area contributed by atoms with E-state index in [9.17, 15) is 5.11 Å². The molecule has 0 unspecified atom stereocenters. The predicted molar refractivity (Wildman–Crippen MR) is 47.2 cm³/mol. The summed E-state index contributed by atoms with van der Waals surface area (Å²) in [6, 6.07) is 0. The Morgan fingerprint density at radius 1 is 1.42 bits per heavy atom. The molecule has 0 bridgehead atoms. The fourth-order valence-electron chi connectivity index (χ4n) is 1.69. The zero-order chi connectivity index (χ0) is 8.55. The van der Waals surface area contributed by atoms with E-state index in [1.54, 1.807) is 11.3 Å². The molecule has 0 aliphatic heterocycles. The Balaban J connectivity index is 2.19. The van der Waals surface area contributed by atoms with Crippen molar-refractivity contribution in [3.05, 3.63) is 10.0 Å². The van der Waals surface area contributed by atoms with Gasteiger partial charge in [-0.3, -0.25) is 0 Å². The highest BCUT2D eigenvalue weighted by Crippen LogP contribution is 2.35. The minimum atomic E-state index is -0.183. The lowest BCUT2D eigenvalue weighted by molar-refractivity contribution is 0.163. The molecule has 12 heavy (non-hydrogen) atoms. The highest BCUT2D eigenvalue weighted by molar-refractivity contribution is 7.11. The number of aliphatic hydroxyl groups is 1. The number of aryl methyl sites for hydroxylation is 1. The molecular formula is C8H12N2OS. The van der Waals surface area contributed by atoms with Crippen LogP contribution in [-0.4, -0.2) is 21.4 Å². The molecule has 66 valence electrons. The maximum atomic E-state index is 9.59. The summed E-state index contributed by atoms with van der Waals surface area (Å²) in [5, 5.41) is 19.6. The number of aliphatic hydroxyl groups excluding tert-OH is 1. The molecule has 2 atom stereocenters. The molecule has 2 rings (SSSR count). The van der Waals surface area contributed by atoms with E-state index < -0.39 is 0 Å². The molecule has 0 radical (unpaired) electrons. The molecule has 1 aliphatic carbocycles. The SMILES string of the molecule is Cc1nnc([C@@H]2CCC[C@H]2O)s1. The minimum Gasteiger partial charge on any atom is -0.392 e. The molecule has 0 amide bonds. The monoisotopic (exact) mass is 184 g/mol. The van der Waals surface area contributed by atoms with Gasteiger partial charge < -0.3 is 5.11 Å². The first-order valence-electron chi connectivity index (χ1n) is 4.25. The van der Waals surface area contributed by atoms with Crippen LogP contribution in [0.4, 0.5) is 0 Å². The first-order valence-corrected chi connectivity index (χ1v) is 5.07. The molecule has 3 nitrogen and oxygen atoms in total. The van der Waals surface area contributed by atoms with Crippen LogP contribution in [0.2, 0.25) is 0 Å². The summed E-state index contributed by atoms with van der Waals surface area (Å²) in [5.74, 6) is 0.260. The third kappa shape index (κ3) is 1.36. The second kappa shape index (κ2) is 3.11. The van der Waals surface area contributed by atoms with E-state index in [2.05, 4.69) is 10.2 Å². The molecule has 1 aromatic heterocycles. The maximum absolute atomic E-state index is 9.59. The quantitative estimate of drug-likeness (QED) is 0.719. The Labute approximate surface area is 75.5 Å². The van der Waals surface area contributed by atoms with Crippen LogP contribution in [-0.2, 0) is 0 Å². The van der Waals surface area contributed by atoms with Crippen LogP contribution in [0.5, 0.6) is 0 Å². The summed E-state index contributed by atoms with van der Waals surface area (Å²) in [4.78, 5) is 0. The highest BCUT2D eigenvalue weighted by Gasteiger charge is 2.29. The van der Waals surface area contributed by atoms with Crippen molar-refractivity contribution < 1.29 is 5.11 Å². The highest BCUT2D eigenvalue weighted by atomic mass is 32.1. The number of hydrogen-bond acceptors (Lipinski definition) is 4. The van der Waals surface area contributed by atoms with Crippen molar-refractivity contribution in [1.29, 1.82) is 0 Å². The van der Waals surface area contributed by atoms with E-state index >= 15 is 0 Å². The van der Waals surface area contributed by atoms with Gasteiger partial charge in [0.05, 0.1) is 6.10 Å². The lowest BCUT2D eigenvalue weighted by Gasteiger charge is -2.08. The molecule has 1 fully saturated rings. The van der Waals surface area contributed by atoms with Crippen molar-refractivity contribution in [3.63, 3.8) is 0 Å². The molecule has 1 aromatic rings. The third-order valence-electron chi connectivity index (χ3n) is 2.34. The van der Waals surface area contributed by atoms with E-state index in [-0.39, 0.29) is 12.0 Å². The topological polar surface area (TPSA) is 46.0 Å². The van der Waals surface area contributed by atoms with Crippen molar-refractivity contribution in [1.82, 2.24) is 10.2 Å². The zero-order valence-corrected chi connectivity index (χ0v) is 7.84. The van der Waals surface area contributed by atoms with E-state index in [0.29, 0.717) is 0 Å². The molecular weight excluding hydrogens is 172 g/mol. The number of rotatable bonds is 1. The van der Waals surface area contributed by atoms with Crippen LogP contribution in [0.1, 0.15) is 35.2 Å². The summed E-state index contributed by atoms with van der Waals surface area (Å²) in [5.41, 5.74) is 0. The predicted octanol–water partition coefficient (Wildman–Crippen LogP) is 1.47. The maximum Gasteiger partial charge on any atom is 0.123 e. The number of aromatic nitrogens is 2. The van der Waals surface area contributed by atoms with E-state index in [0.717, 1.165) is 29.3 Å². The smallest absolute Gasteiger partial charge is 0.123 e. The van der Waals surface area contributed by atoms with Gasteiger partial charge >= 0.3 is 0 Å². The van der Waals surface area contributed by atoms with Crippen molar-refractivity contribution in [2.24, 2.45) is 0 Å². The normalized spacial score (nSPS) is 29.5. The molecule has 1 heterocycles. The first kappa shape index (κ1) is 8.13. The van der Waals surface area contributed by atoms with Crippen LogP contribution in [0.25, 0.3) is 0 Å². The second-order valence-electron chi connectivity index (χ2n) is 3.26. The second-order valence-corrected chi connectivity index (χ2v) is 4.48. The Morgan fingerprint density at radius 3 is 2.75 bits per heavy atom. The van der Waals surface area contributed by atoms with Crippen LogP contribution >= 0.6 is 11.3 Å². The van der Waals surface area contributed by atoms with Crippen LogP contribution < -0.4 is 0 Å². The summed E-state index contributed by atoms with van der Waals surface area (Å²) in [6.07, 6.45) is 2.92. The molecule has 1 aliphatic rings. The zero-order valence-electron chi connectivity index (χ0n) is 7.03. The van der Waals surface area contributed by atoms with Crippen molar-refractivity contribution in [3.8, 4) is 0 Å². The van der Waals surface area contributed by atoms with Crippen LogP contribution in [0.3, 0.4) is 0 Å². The summed E-state index contributed by atoms with van der Waals surface area (Å²) < 4.78 is 0. The average molecular weight is 184 g/mol. The first-order chi connectivity index (χ1) is 5.77. The lowest BCUT2D eigenvalue weighted by atomic mass is 10.1. The number of nitrogens with zero attached hydrogens (tertiary/aromatic N) is 2. The van der Waals surface area contributed by atoms with Crippen molar-refractivity contribution >= 4 is 11.3 Å². The van der Waals surface area contributed by atoms with Gasteiger partial charge in [0.2, 0.25) is 0 Å². The molecule has 0 spiro atoms. The fourth-order valence-corrected chi connectivity index (χ4v) is 2.58. The molecule has 1 saturated carbocycles. The van der Waals surface area contributed by atoms with Crippen molar-refractivity contribution in [2.75, 3.05) is 0 Å². The van der Waals surface area contributed by atoms with Gasteiger partial charge in [0.1, 0.15) is 10.0 Å². The van der Waals surface area contributed by atoms with Gasteiger partial charge in [0.25, 0.3) is 0 Å². The van der Waals surface area contributed by atoms with Crippen LogP contribution in [0.15, 0.2) is 0 Å². The van der Waals surface area contributed by atoms with E-state index in [1.807, 2.05) is 6.92 Å². The Morgan fingerprint density at radius 2 is 2.25 bits per heavy atom. The lowest BCUT2D eigenvalue weighted by Crippen LogP contribution is -2.10. The van der Waals surface area contributed by atoms with E-state index in [4.69, 9.17) is 0 Å². The number of hydrogen-bond donors (Lipinski definition) is 1. The summed E-state index contributed by atoms with van der Waals surface area (Å²) in [6.45, 7) is 1.95. The van der Waals surface area contributed by atoms with Gasteiger partial charge in [-0.2, -0.15) is 0 Å². The van der Waals surface area contributed by atoms with Gasteiger partial charge in [-0.1, -0.05) is 6.42 Å². The molecule has 1 N–H and O–H groups in total. The Bertz CT molecular complexity index is 274. The molecule has 4 heteroatoms. The summed E-state index contributed by atoms with van der Waals surface area (Å²) in [7, 11) is 0. The molecule has 0 aromatic carbocycles. The van der Waals surface area contributed by atoms with Gasteiger partial charge in [-0.25, -0.2) is 0 Å². The Hall–Kier alpha value is -0.480. The van der Waals surface area contributed by atoms with Gasteiger partial charge in [-0.05, 0) is 19.8 Å². The fraction of sp³-hybridized carbons (Fsp3) is 0.750. The minimum absolute atomic E-state index is 0.183. The summed E-state index contributed by atoms with van der Waals surface area (Å²) >= 11 is 1.61. The van der Waals surface area contributed by atoms with Crippen molar-refractivity contribution in [2.45, 2.75) is 38.2 Å². The van der Waals surface area contributed by atoms with Crippen LogP contribution in [0, 0.1) is 6.92 Å².